The number of carbonyl (C=O) groups is 2. The highest BCUT2D eigenvalue weighted by atomic mass is 16.5. The molecule has 34 heavy (non-hydrogen) atoms. The van der Waals surface area contributed by atoms with Crippen molar-refractivity contribution in [1.82, 2.24) is 0 Å². The van der Waals surface area contributed by atoms with E-state index in [1.165, 1.54) is 4.90 Å². The van der Waals surface area contributed by atoms with Crippen LogP contribution < -0.4 is 14.4 Å². The summed E-state index contributed by atoms with van der Waals surface area (Å²) in [6, 6.07) is 20.7. The number of amides is 1. The number of carbonyl (C=O) groups excluding carboxylic acids is 2. The second-order valence-corrected chi connectivity index (χ2v) is 7.97. The zero-order chi connectivity index (χ0) is 24.2. The van der Waals surface area contributed by atoms with E-state index in [0.29, 0.717) is 36.0 Å². The number of aliphatic hydroxyl groups is 1. The minimum atomic E-state index is -0.784. The number of ketones is 1. The highest BCUT2D eigenvalue weighted by molar-refractivity contribution is 6.51. The molecule has 0 spiro atoms. The fraction of sp³-hybridized carbons (Fsp3) is 0.214. The second kappa shape index (κ2) is 9.83. The van der Waals surface area contributed by atoms with Gasteiger partial charge in [-0.3, -0.25) is 14.5 Å². The van der Waals surface area contributed by atoms with Gasteiger partial charge in [-0.2, -0.15) is 0 Å². The molecule has 1 atom stereocenters. The van der Waals surface area contributed by atoms with Crippen molar-refractivity contribution in [2.45, 2.75) is 26.8 Å². The van der Waals surface area contributed by atoms with Crippen molar-refractivity contribution < 1.29 is 24.2 Å². The smallest absolute Gasteiger partial charge is 0.300 e. The van der Waals surface area contributed by atoms with E-state index >= 15 is 0 Å². The van der Waals surface area contributed by atoms with Gasteiger partial charge in [0, 0.05) is 11.3 Å². The van der Waals surface area contributed by atoms with Crippen molar-refractivity contribution in [2.75, 3.05) is 18.1 Å². The van der Waals surface area contributed by atoms with Gasteiger partial charge >= 0.3 is 0 Å². The number of benzene rings is 3. The van der Waals surface area contributed by atoms with E-state index in [9.17, 15) is 14.7 Å². The molecule has 1 saturated heterocycles. The fourth-order valence-corrected chi connectivity index (χ4v) is 4.18. The average Bonchev–Trinajstić information content (AvgIpc) is 3.10. The van der Waals surface area contributed by atoms with Crippen molar-refractivity contribution in [1.29, 1.82) is 0 Å². The molecule has 0 aliphatic carbocycles. The third-order valence-electron chi connectivity index (χ3n) is 5.65. The largest absolute Gasteiger partial charge is 0.507 e. The molecular formula is C28H27NO5. The first-order chi connectivity index (χ1) is 16.4. The molecule has 0 saturated carbocycles. The Labute approximate surface area is 199 Å². The molecule has 3 aromatic rings. The highest BCUT2D eigenvalue weighted by Gasteiger charge is 2.47. The van der Waals surface area contributed by atoms with Crippen molar-refractivity contribution in [3.05, 3.63) is 95.1 Å². The van der Waals surface area contributed by atoms with E-state index in [4.69, 9.17) is 9.47 Å². The number of Topliss-reactive ketones (excluding diaryl/α,β-unsaturated/α-hetero) is 1. The van der Waals surface area contributed by atoms with Crippen LogP contribution >= 0.6 is 0 Å². The number of aryl methyl sites for hydroxylation is 1. The third kappa shape index (κ3) is 4.39. The second-order valence-electron chi connectivity index (χ2n) is 7.97. The van der Waals surface area contributed by atoms with Crippen molar-refractivity contribution in [3.8, 4) is 11.5 Å². The van der Waals surface area contributed by atoms with Gasteiger partial charge in [-0.05, 0) is 62.7 Å². The van der Waals surface area contributed by atoms with E-state index in [2.05, 4.69) is 0 Å². The lowest BCUT2D eigenvalue weighted by atomic mass is 9.94. The molecule has 6 nitrogen and oxygen atoms in total. The Morgan fingerprint density at radius 3 is 2.24 bits per heavy atom. The van der Waals surface area contributed by atoms with Crippen molar-refractivity contribution >= 4 is 23.1 Å². The summed E-state index contributed by atoms with van der Waals surface area (Å²) in [5, 5.41) is 11.3. The Bertz CT molecular complexity index is 1250. The predicted octanol–water partition coefficient (Wildman–Crippen LogP) is 5.42. The van der Waals surface area contributed by atoms with Gasteiger partial charge in [0.1, 0.15) is 17.3 Å². The van der Waals surface area contributed by atoms with Gasteiger partial charge in [0.2, 0.25) is 0 Å². The lowest BCUT2D eigenvalue weighted by molar-refractivity contribution is -0.132. The van der Waals surface area contributed by atoms with Gasteiger partial charge in [0.25, 0.3) is 11.7 Å². The number of rotatable bonds is 7. The van der Waals surface area contributed by atoms with Crippen LogP contribution in [0.5, 0.6) is 11.5 Å². The average molecular weight is 458 g/mol. The van der Waals surface area contributed by atoms with Crippen LogP contribution in [0.3, 0.4) is 0 Å². The molecule has 1 aliphatic heterocycles. The maximum atomic E-state index is 13.3. The van der Waals surface area contributed by atoms with Crippen molar-refractivity contribution in [3.63, 3.8) is 0 Å². The van der Waals surface area contributed by atoms with Crippen LogP contribution in [0.15, 0.2) is 78.4 Å². The van der Waals surface area contributed by atoms with Gasteiger partial charge in [0.05, 0.1) is 24.8 Å². The van der Waals surface area contributed by atoms with Crippen LogP contribution in [0.25, 0.3) is 5.76 Å². The molecule has 1 heterocycles. The first-order valence-electron chi connectivity index (χ1n) is 11.3. The standard InChI is InChI=1S/C28H27NO5/c1-4-33-22-14-12-21(13-15-22)29-25(19-9-6-8-18(3)16-19)24(27(31)28(29)32)26(30)20-10-7-11-23(17-20)34-5-2/h6-17,25,30H,4-5H2,1-3H3/b26-24-. The van der Waals surface area contributed by atoms with E-state index < -0.39 is 17.7 Å². The summed E-state index contributed by atoms with van der Waals surface area (Å²) in [7, 11) is 0. The first kappa shape index (κ1) is 23.1. The Morgan fingerprint density at radius 2 is 1.56 bits per heavy atom. The van der Waals surface area contributed by atoms with E-state index in [1.54, 1.807) is 48.5 Å². The molecule has 1 unspecified atom stereocenters. The maximum Gasteiger partial charge on any atom is 0.300 e. The monoisotopic (exact) mass is 457 g/mol. The number of hydrogen-bond acceptors (Lipinski definition) is 5. The number of hydrogen-bond donors (Lipinski definition) is 1. The highest BCUT2D eigenvalue weighted by Crippen LogP contribution is 2.42. The fourth-order valence-electron chi connectivity index (χ4n) is 4.18. The number of aliphatic hydroxyl groups excluding tert-OH is 1. The summed E-state index contributed by atoms with van der Waals surface area (Å²) in [5.74, 6) is -0.431. The van der Waals surface area contributed by atoms with E-state index in [-0.39, 0.29) is 11.3 Å². The lowest BCUT2D eigenvalue weighted by Gasteiger charge is -2.26. The summed E-state index contributed by atoms with van der Waals surface area (Å²) in [6.45, 7) is 6.69. The topological polar surface area (TPSA) is 76.1 Å². The molecule has 6 heteroatoms. The first-order valence-corrected chi connectivity index (χ1v) is 11.3. The molecule has 1 N–H and O–H groups in total. The van der Waals surface area contributed by atoms with Crippen LogP contribution in [-0.2, 0) is 9.59 Å². The Hall–Kier alpha value is -4.06. The molecular weight excluding hydrogens is 430 g/mol. The van der Waals surface area contributed by atoms with Gasteiger partial charge in [-0.15, -0.1) is 0 Å². The number of ether oxygens (including phenoxy) is 2. The molecule has 1 fully saturated rings. The summed E-state index contributed by atoms with van der Waals surface area (Å²) >= 11 is 0. The quantitative estimate of drug-likeness (QED) is 0.291. The van der Waals surface area contributed by atoms with Gasteiger partial charge in [-0.1, -0.05) is 42.0 Å². The summed E-state index contributed by atoms with van der Waals surface area (Å²) in [4.78, 5) is 28.0. The van der Waals surface area contributed by atoms with Gasteiger partial charge in [-0.25, -0.2) is 0 Å². The Balaban J connectivity index is 1.88. The molecule has 0 radical (unpaired) electrons. The minimum Gasteiger partial charge on any atom is -0.507 e. The van der Waals surface area contributed by atoms with Crippen LogP contribution in [0.2, 0.25) is 0 Å². The van der Waals surface area contributed by atoms with Crippen molar-refractivity contribution in [2.24, 2.45) is 0 Å². The van der Waals surface area contributed by atoms with Crippen LogP contribution in [0, 0.1) is 6.92 Å². The molecule has 1 aliphatic rings. The van der Waals surface area contributed by atoms with Crippen LogP contribution in [0.1, 0.15) is 36.6 Å². The maximum absolute atomic E-state index is 13.3. The third-order valence-corrected chi connectivity index (χ3v) is 5.65. The molecule has 1 amide bonds. The SMILES string of the molecule is CCOc1ccc(N2C(=O)C(=O)/C(=C(\O)c3cccc(OCC)c3)C2c2cccc(C)c2)cc1. The zero-order valence-corrected chi connectivity index (χ0v) is 19.4. The van der Waals surface area contributed by atoms with Crippen LogP contribution in [-0.4, -0.2) is 30.0 Å². The summed E-state index contributed by atoms with van der Waals surface area (Å²) in [6.07, 6.45) is 0. The molecule has 4 rings (SSSR count). The molecule has 3 aromatic carbocycles. The minimum absolute atomic E-state index is 0.0399. The summed E-state index contributed by atoms with van der Waals surface area (Å²) < 4.78 is 11.1. The lowest BCUT2D eigenvalue weighted by Crippen LogP contribution is -2.29. The zero-order valence-electron chi connectivity index (χ0n) is 19.4. The van der Waals surface area contributed by atoms with Crippen LogP contribution in [0.4, 0.5) is 5.69 Å². The number of anilines is 1. The normalized spacial score (nSPS) is 17.1. The van der Waals surface area contributed by atoms with E-state index in [0.717, 1.165) is 11.1 Å². The van der Waals surface area contributed by atoms with Gasteiger partial charge < -0.3 is 14.6 Å². The molecule has 0 bridgehead atoms. The predicted molar refractivity (Wildman–Crippen MR) is 131 cm³/mol. The molecule has 174 valence electrons. The summed E-state index contributed by atoms with van der Waals surface area (Å²) in [5.41, 5.74) is 2.70. The van der Waals surface area contributed by atoms with E-state index in [1.807, 2.05) is 45.0 Å². The Kier molecular flexibility index (Phi) is 6.68. The Morgan fingerprint density at radius 1 is 0.882 bits per heavy atom. The van der Waals surface area contributed by atoms with Gasteiger partial charge in [0.15, 0.2) is 0 Å². The number of nitrogens with zero attached hydrogens (tertiary/aromatic N) is 1. The molecule has 0 aromatic heterocycles.